The van der Waals surface area contributed by atoms with Crippen LogP contribution in [0.3, 0.4) is 0 Å². The predicted molar refractivity (Wildman–Crippen MR) is 53.9 cm³/mol. The monoisotopic (exact) mass is 204 g/mol. The molecule has 2 N–H and O–H groups in total. The molecule has 2 nitrogen and oxygen atoms in total. The molecule has 68 valence electrons. The molecule has 1 heterocycles. The second-order valence-corrected chi connectivity index (χ2v) is 4.14. The number of thiazole rings is 1. The minimum Gasteiger partial charge on any atom is -0.330 e. The van der Waals surface area contributed by atoms with Gasteiger partial charge < -0.3 is 5.73 Å². The van der Waals surface area contributed by atoms with Gasteiger partial charge in [-0.3, -0.25) is 0 Å². The topological polar surface area (TPSA) is 38.9 Å². The first kappa shape index (κ1) is 9.96. The van der Waals surface area contributed by atoms with Crippen molar-refractivity contribution in [2.24, 2.45) is 5.73 Å². The highest BCUT2D eigenvalue weighted by Gasteiger charge is 2.06. The van der Waals surface area contributed by atoms with E-state index in [-0.39, 0.29) is 0 Å². The van der Waals surface area contributed by atoms with Crippen LogP contribution in [0.15, 0.2) is 0 Å². The number of aryl methyl sites for hydroxylation is 1. The van der Waals surface area contributed by atoms with Gasteiger partial charge in [-0.05, 0) is 25.8 Å². The van der Waals surface area contributed by atoms with E-state index in [0.717, 1.165) is 29.1 Å². The van der Waals surface area contributed by atoms with Crippen molar-refractivity contribution < 1.29 is 0 Å². The van der Waals surface area contributed by atoms with Crippen LogP contribution >= 0.6 is 22.9 Å². The first-order valence-corrected chi connectivity index (χ1v) is 5.31. The molecule has 1 rings (SSSR count). The largest absolute Gasteiger partial charge is 0.330 e. The van der Waals surface area contributed by atoms with Gasteiger partial charge in [0, 0.05) is 4.88 Å². The second-order valence-electron chi connectivity index (χ2n) is 2.61. The minimum absolute atomic E-state index is 0.646. The number of hydrogen-bond donors (Lipinski definition) is 1. The molecule has 0 amide bonds. The summed E-state index contributed by atoms with van der Waals surface area (Å²) in [7, 11) is 0. The zero-order valence-electron chi connectivity index (χ0n) is 7.14. The van der Waals surface area contributed by atoms with Crippen molar-refractivity contribution in [1.82, 2.24) is 4.98 Å². The average Bonchev–Trinajstić information content (AvgIpc) is 2.34. The zero-order chi connectivity index (χ0) is 8.97. The van der Waals surface area contributed by atoms with Crippen molar-refractivity contribution in [3.8, 4) is 0 Å². The summed E-state index contributed by atoms with van der Waals surface area (Å²) in [5.41, 5.74) is 5.43. The number of rotatable bonds is 4. The molecule has 0 saturated carbocycles. The number of nitrogens with zero attached hydrogens (tertiary/aromatic N) is 1. The molecule has 0 aliphatic carbocycles. The molecule has 1 aromatic rings. The average molecular weight is 205 g/mol. The molecule has 0 saturated heterocycles. The van der Waals surface area contributed by atoms with Crippen LogP contribution in [-0.4, -0.2) is 11.5 Å². The Hall–Kier alpha value is -0.120. The fraction of sp³-hybridized carbons (Fsp3) is 0.625. The molecule has 1 aromatic heterocycles. The molecular weight excluding hydrogens is 192 g/mol. The summed E-state index contributed by atoms with van der Waals surface area (Å²) in [6.07, 6.45) is 2.99. The predicted octanol–water partition coefficient (Wildman–Crippen LogP) is 2.25. The van der Waals surface area contributed by atoms with E-state index >= 15 is 0 Å². The highest BCUT2D eigenvalue weighted by atomic mass is 35.5. The molecular formula is C8H13ClN2S. The quantitative estimate of drug-likeness (QED) is 0.817. The number of nitrogens with two attached hydrogens (primary N) is 1. The Morgan fingerprint density at radius 3 is 2.83 bits per heavy atom. The van der Waals surface area contributed by atoms with Crippen LogP contribution in [0.1, 0.15) is 23.2 Å². The van der Waals surface area contributed by atoms with Crippen molar-refractivity contribution in [2.45, 2.75) is 26.2 Å². The van der Waals surface area contributed by atoms with Crippen LogP contribution in [0, 0.1) is 0 Å². The molecule has 0 radical (unpaired) electrons. The highest BCUT2D eigenvalue weighted by molar-refractivity contribution is 7.12. The molecule has 0 fully saturated rings. The van der Waals surface area contributed by atoms with Gasteiger partial charge in [0.15, 0.2) is 0 Å². The SMILES string of the molecule is CCCc1nc(Cl)c(CCN)s1. The molecule has 0 spiro atoms. The Bertz CT molecular complexity index is 247. The van der Waals surface area contributed by atoms with Crippen molar-refractivity contribution in [3.63, 3.8) is 0 Å². The van der Waals surface area contributed by atoms with E-state index in [0.29, 0.717) is 11.7 Å². The van der Waals surface area contributed by atoms with E-state index in [1.54, 1.807) is 11.3 Å². The lowest BCUT2D eigenvalue weighted by Crippen LogP contribution is -2.01. The van der Waals surface area contributed by atoms with E-state index in [2.05, 4.69) is 11.9 Å². The summed E-state index contributed by atoms with van der Waals surface area (Å²) in [6, 6.07) is 0. The van der Waals surface area contributed by atoms with Gasteiger partial charge in [-0.25, -0.2) is 4.98 Å². The maximum atomic E-state index is 5.90. The van der Waals surface area contributed by atoms with Gasteiger partial charge in [-0.1, -0.05) is 18.5 Å². The van der Waals surface area contributed by atoms with Gasteiger partial charge >= 0.3 is 0 Å². The molecule has 0 bridgehead atoms. The first-order chi connectivity index (χ1) is 5.77. The van der Waals surface area contributed by atoms with Gasteiger partial charge in [0.25, 0.3) is 0 Å². The lowest BCUT2D eigenvalue weighted by molar-refractivity contribution is 0.908. The van der Waals surface area contributed by atoms with Gasteiger partial charge in [0.05, 0.1) is 5.01 Å². The van der Waals surface area contributed by atoms with Crippen molar-refractivity contribution in [3.05, 3.63) is 15.0 Å². The first-order valence-electron chi connectivity index (χ1n) is 4.12. The van der Waals surface area contributed by atoms with Crippen LogP contribution in [0.25, 0.3) is 0 Å². The standard InChI is InChI=1S/C8H13ClN2S/c1-2-3-7-11-8(9)6(12-7)4-5-10/h2-5,10H2,1H3. The van der Waals surface area contributed by atoms with E-state index in [4.69, 9.17) is 17.3 Å². The van der Waals surface area contributed by atoms with Crippen LogP contribution in [-0.2, 0) is 12.8 Å². The second kappa shape index (κ2) is 4.80. The van der Waals surface area contributed by atoms with Crippen LogP contribution in [0.4, 0.5) is 0 Å². The molecule has 0 aromatic carbocycles. The summed E-state index contributed by atoms with van der Waals surface area (Å²) in [5, 5.41) is 1.78. The fourth-order valence-corrected chi connectivity index (χ4v) is 2.42. The summed E-state index contributed by atoms with van der Waals surface area (Å²) >= 11 is 7.59. The highest BCUT2D eigenvalue weighted by Crippen LogP contribution is 2.23. The molecule has 0 aliphatic rings. The Morgan fingerprint density at radius 1 is 1.50 bits per heavy atom. The Morgan fingerprint density at radius 2 is 2.25 bits per heavy atom. The molecule has 12 heavy (non-hydrogen) atoms. The van der Waals surface area contributed by atoms with Gasteiger partial charge in [-0.15, -0.1) is 11.3 Å². The maximum Gasteiger partial charge on any atom is 0.143 e. The number of aromatic nitrogens is 1. The lowest BCUT2D eigenvalue weighted by atomic mass is 10.3. The molecule has 0 atom stereocenters. The Labute approximate surface area is 81.8 Å². The molecule has 4 heteroatoms. The van der Waals surface area contributed by atoms with Crippen LogP contribution in [0.5, 0.6) is 0 Å². The third-order valence-electron chi connectivity index (χ3n) is 1.53. The van der Waals surface area contributed by atoms with Gasteiger partial charge in [0.1, 0.15) is 5.15 Å². The maximum absolute atomic E-state index is 5.90. The molecule has 0 aliphatic heterocycles. The lowest BCUT2D eigenvalue weighted by Gasteiger charge is -1.89. The van der Waals surface area contributed by atoms with Crippen LogP contribution < -0.4 is 5.73 Å². The Kier molecular flexibility index (Phi) is 3.98. The van der Waals surface area contributed by atoms with E-state index in [1.807, 2.05) is 0 Å². The van der Waals surface area contributed by atoms with E-state index < -0.39 is 0 Å². The van der Waals surface area contributed by atoms with Gasteiger partial charge in [-0.2, -0.15) is 0 Å². The van der Waals surface area contributed by atoms with E-state index in [9.17, 15) is 0 Å². The summed E-state index contributed by atoms with van der Waals surface area (Å²) in [6.45, 7) is 2.78. The smallest absolute Gasteiger partial charge is 0.143 e. The summed E-state index contributed by atoms with van der Waals surface area (Å²) in [5.74, 6) is 0. The summed E-state index contributed by atoms with van der Waals surface area (Å²) < 4.78 is 0. The fourth-order valence-electron chi connectivity index (χ4n) is 0.985. The number of hydrogen-bond acceptors (Lipinski definition) is 3. The normalized spacial score (nSPS) is 10.6. The summed E-state index contributed by atoms with van der Waals surface area (Å²) in [4.78, 5) is 5.37. The third kappa shape index (κ3) is 2.44. The zero-order valence-corrected chi connectivity index (χ0v) is 8.71. The van der Waals surface area contributed by atoms with Crippen LogP contribution in [0.2, 0.25) is 5.15 Å². The third-order valence-corrected chi connectivity index (χ3v) is 3.13. The minimum atomic E-state index is 0.646. The van der Waals surface area contributed by atoms with E-state index in [1.165, 1.54) is 0 Å². The number of halogens is 1. The van der Waals surface area contributed by atoms with Crippen molar-refractivity contribution in [1.29, 1.82) is 0 Å². The van der Waals surface area contributed by atoms with Crippen molar-refractivity contribution >= 4 is 22.9 Å². The Balaban J connectivity index is 2.70. The molecule has 0 unspecified atom stereocenters. The van der Waals surface area contributed by atoms with Gasteiger partial charge in [0.2, 0.25) is 0 Å². The van der Waals surface area contributed by atoms with Crippen molar-refractivity contribution in [2.75, 3.05) is 6.54 Å².